The third-order valence-corrected chi connectivity index (χ3v) is 3.00. The summed E-state index contributed by atoms with van der Waals surface area (Å²) in [7, 11) is 1.55. The third-order valence-electron chi connectivity index (χ3n) is 3.00. The van der Waals surface area contributed by atoms with Gasteiger partial charge in [-0.25, -0.2) is 0 Å². The molecule has 2 rings (SSSR count). The van der Waals surface area contributed by atoms with E-state index in [1.54, 1.807) is 7.11 Å². The van der Waals surface area contributed by atoms with Gasteiger partial charge in [-0.15, -0.1) is 0 Å². The molecule has 0 radical (unpaired) electrons. The second-order valence-electron chi connectivity index (χ2n) is 5.19. The molecule has 4 nitrogen and oxygen atoms in total. The van der Waals surface area contributed by atoms with Gasteiger partial charge in [0.15, 0.2) is 0 Å². The van der Waals surface area contributed by atoms with Gasteiger partial charge in [-0.05, 0) is 26.0 Å². The lowest BCUT2D eigenvalue weighted by atomic mass is 10.1. The maximum atomic E-state index is 9.68. The van der Waals surface area contributed by atoms with Gasteiger partial charge in [-0.1, -0.05) is 24.3 Å². The van der Waals surface area contributed by atoms with Crippen LogP contribution in [0.2, 0.25) is 0 Å². The smallest absolute Gasteiger partial charge is 0.127 e. The maximum Gasteiger partial charge on any atom is 0.127 e. The van der Waals surface area contributed by atoms with Crippen LogP contribution in [0.4, 0.5) is 0 Å². The molecule has 2 aromatic rings. The summed E-state index contributed by atoms with van der Waals surface area (Å²) in [6.07, 6.45) is -0.524. The van der Waals surface area contributed by atoms with Crippen LogP contribution in [0.5, 0.6) is 11.5 Å². The molecular formula is C17H22O4. The summed E-state index contributed by atoms with van der Waals surface area (Å²) in [5.74, 6) is 1.57. The van der Waals surface area contributed by atoms with Crippen molar-refractivity contribution in [2.75, 3.05) is 20.3 Å². The Morgan fingerprint density at radius 3 is 2.19 bits per heavy atom. The molecule has 0 heterocycles. The Hall–Kier alpha value is -1.78. The number of fused-ring (bicyclic) bond motifs is 1. The summed E-state index contributed by atoms with van der Waals surface area (Å²) in [5.41, 5.74) is 0. The molecule has 1 N–H and O–H groups in total. The second kappa shape index (κ2) is 7.29. The van der Waals surface area contributed by atoms with E-state index in [9.17, 15) is 5.11 Å². The topological polar surface area (TPSA) is 47.9 Å². The van der Waals surface area contributed by atoms with Crippen molar-refractivity contribution in [3.63, 3.8) is 0 Å². The zero-order valence-electron chi connectivity index (χ0n) is 12.7. The van der Waals surface area contributed by atoms with Gasteiger partial charge in [-0.3, -0.25) is 0 Å². The standard InChI is InChI=1S/C17H22O4/c1-12(2)21-17-9-8-16(20-11-13(18)10-19-3)14-6-4-5-7-15(14)17/h4-9,12-13,18H,10-11H2,1-3H3. The zero-order valence-corrected chi connectivity index (χ0v) is 12.7. The first-order valence-corrected chi connectivity index (χ1v) is 7.10. The summed E-state index contributed by atoms with van der Waals surface area (Å²) < 4.78 is 16.4. The molecule has 1 atom stereocenters. The van der Waals surface area contributed by atoms with E-state index in [1.807, 2.05) is 50.2 Å². The minimum Gasteiger partial charge on any atom is -0.490 e. The van der Waals surface area contributed by atoms with Crippen LogP contribution in [0.1, 0.15) is 13.8 Å². The fourth-order valence-corrected chi connectivity index (χ4v) is 2.15. The van der Waals surface area contributed by atoms with Crippen LogP contribution in [-0.4, -0.2) is 37.6 Å². The van der Waals surface area contributed by atoms with Crippen LogP contribution in [0, 0.1) is 0 Å². The van der Waals surface area contributed by atoms with Gasteiger partial charge in [0.2, 0.25) is 0 Å². The normalized spacial score (nSPS) is 12.6. The van der Waals surface area contributed by atoms with E-state index in [4.69, 9.17) is 14.2 Å². The van der Waals surface area contributed by atoms with Gasteiger partial charge < -0.3 is 19.3 Å². The first-order chi connectivity index (χ1) is 10.1. The highest BCUT2D eigenvalue weighted by Crippen LogP contribution is 2.33. The number of rotatable bonds is 7. The Balaban J connectivity index is 2.25. The van der Waals surface area contributed by atoms with Crippen molar-refractivity contribution in [3.8, 4) is 11.5 Å². The molecule has 1 unspecified atom stereocenters. The Bertz CT molecular complexity index is 580. The largest absolute Gasteiger partial charge is 0.490 e. The van der Waals surface area contributed by atoms with Crippen LogP contribution >= 0.6 is 0 Å². The van der Waals surface area contributed by atoms with Gasteiger partial charge in [-0.2, -0.15) is 0 Å². The summed E-state index contributed by atoms with van der Waals surface area (Å²) in [6, 6.07) is 11.7. The number of aliphatic hydroxyl groups is 1. The van der Waals surface area contributed by atoms with E-state index in [1.165, 1.54) is 0 Å². The van der Waals surface area contributed by atoms with E-state index in [-0.39, 0.29) is 19.3 Å². The molecule has 0 saturated heterocycles. The quantitative estimate of drug-likeness (QED) is 0.851. The number of methoxy groups -OCH3 is 1. The van der Waals surface area contributed by atoms with E-state index in [0.717, 1.165) is 22.3 Å². The zero-order chi connectivity index (χ0) is 15.2. The lowest BCUT2D eigenvalue weighted by Gasteiger charge is -2.16. The number of aliphatic hydroxyl groups excluding tert-OH is 1. The molecule has 0 aliphatic rings. The average Bonchev–Trinajstić information content (AvgIpc) is 2.46. The minimum absolute atomic E-state index is 0.115. The molecule has 0 aliphatic carbocycles. The van der Waals surface area contributed by atoms with Crippen LogP contribution in [0.15, 0.2) is 36.4 Å². The minimum atomic E-state index is -0.639. The monoisotopic (exact) mass is 290 g/mol. The van der Waals surface area contributed by atoms with Gasteiger partial charge in [0.25, 0.3) is 0 Å². The molecule has 0 aromatic heterocycles. The maximum absolute atomic E-state index is 9.68. The first kappa shape index (κ1) is 15.6. The van der Waals surface area contributed by atoms with Crippen molar-refractivity contribution in [2.45, 2.75) is 26.1 Å². The fourth-order valence-electron chi connectivity index (χ4n) is 2.15. The van der Waals surface area contributed by atoms with Crippen LogP contribution in [-0.2, 0) is 4.74 Å². The highest BCUT2D eigenvalue weighted by Gasteiger charge is 2.10. The molecule has 0 bridgehead atoms. The van der Waals surface area contributed by atoms with E-state index >= 15 is 0 Å². The fraction of sp³-hybridized carbons (Fsp3) is 0.412. The van der Waals surface area contributed by atoms with Crippen LogP contribution in [0.3, 0.4) is 0 Å². The molecule has 0 amide bonds. The summed E-state index contributed by atoms with van der Waals surface area (Å²) in [5, 5.41) is 11.7. The average molecular weight is 290 g/mol. The van der Waals surface area contributed by atoms with Gasteiger partial charge >= 0.3 is 0 Å². The van der Waals surface area contributed by atoms with Crippen molar-refractivity contribution in [1.82, 2.24) is 0 Å². The molecule has 0 saturated carbocycles. The first-order valence-electron chi connectivity index (χ1n) is 7.10. The number of hydrogen-bond acceptors (Lipinski definition) is 4. The third kappa shape index (κ3) is 4.09. The Morgan fingerprint density at radius 1 is 0.952 bits per heavy atom. The van der Waals surface area contributed by atoms with Crippen LogP contribution in [0.25, 0.3) is 10.8 Å². The molecule has 21 heavy (non-hydrogen) atoms. The highest BCUT2D eigenvalue weighted by atomic mass is 16.5. The molecule has 4 heteroatoms. The van der Waals surface area contributed by atoms with Crippen molar-refractivity contribution < 1.29 is 19.3 Å². The molecule has 114 valence electrons. The van der Waals surface area contributed by atoms with Crippen LogP contribution < -0.4 is 9.47 Å². The number of benzene rings is 2. The molecule has 0 fully saturated rings. The Labute approximate surface area is 125 Å². The number of ether oxygens (including phenoxy) is 3. The molecule has 0 aliphatic heterocycles. The van der Waals surface area contributed by atoms with Crippen molar-refractivity contribution in [2.24, 2.45) is 0 Å². The van der Waals surface area contributed by atoms with Gasteiger partial charge in [0.1, 0.15) is 24.2 Å². The SMILES string of the molecule is COCC(O)COc1ccc(OC(C)C)c2ccccc12. The van der Waals surface area contributed by atoms with Gasteiger partial charge in [0.05, 0.1) is 12.7 Å². The summed E-state index contributed by atoms with van der Waals surface area (Å²) in [4.78, 5) is 0. The predicted octanol–water partition coefficient (Wildman–Crippen LogP) is 3.01. The van der Waals surface area contributed by atoms with E-state index in [0.29, 0.717) is 0 Å². The summed E-state index contributed by atoms with van der Waals surface area (Å²) >= 11 is 0. The molecule has 0 spiro atoms. The summed E-state index contributed by atoms with van der Waals surface area (Å²) in [6.45, 7) is 4.45. The molecule has 2 aromatic carbocycles. The van der Waals surface area contributed by atoms with Gasteiger partial charge in [0, 0.05) is 17.9 Å². The van der Waals surface area contributed by atoms with E-state index < -0.39 is 6.10 Å². The number of hydrogen-bond donors (Lipinski definition) is 1. The lowest BCUT2D eigenvalue weighted by Crippen LogP contribution is -2.22. The Kier molecular flexibility index (Phi) is 5.42. The lowest BCUT2D eigenvalue weighted by molar-refractivity contribution is 0.0329. The van der Waals surface area contributed by atoms with E-state index in [2.05, 4.69) is 0 Å². The Morgan fingerprint density at radius 2 is 1.57 bits per heavy atom. The predicted molar refractivity (Wildman–Crippen MR) is 83.1 cm³/mol. The highest BCUT2D eigenvalue weighted by molar-refractivity contribution is 5.93. The van der Waals surface area contributed by atoms with Crippen molar-refractivity contribution in [3.05, 3.63) is 36.4 Å². The van der Waals surface area contributed by atoms with Crippen molar-refractivity contribution >= 4 is 10.8 Å². The molecular weight excluding hydrogens is 268 g/mol. The second-order valence-corrected chi connectivity index (χ2v) is 5.19. The van der Waals surface area contributed by atoms with Crippen molar-refractivity contribution in [1.29, 1.82) is 0 Å².